The van der Waals surface area contributed by atoms with Gasteiger partial charge < -0.3 is 10.3 Å². The number of nitrogens with one attached hydrogen (secondary N) is 3. The number of halogens is 1. The molecule has 3 N–H and O–H groups in total. The maximum atomic E-state index is 13.9. The molecule has 8 nitrogen and oxygen atoms in total. The fourth-order valence-corrected chi connectivity index (χ4v) is 4.79. The van der Waals surface area contributed by atoms with Gasteiger partial charge >= 0.3 is 0 Å². The molecule has 0 unspecified atom stereocenters. The van der Waals surface area contributed by atoms with Crippen molar-refractivity contribution < 1.29 is 9.18 Å². The van der Waals surface area contributed by atoms with Crippen molar-refractivity contribution in [2.75, 3.05) is 5.32 Å². The Bertz CT molecular complexity index is 2030. The molecule has 0 saturated carbocycles. The number of carbonyl (C=O) groups is 1. The number of nitrogens with zero attached hydrogens (tertiary/aromatic N) is 4. The molecule has 0 aliphatic heterocycles. The number of rotatable bonds is 5. The molecule has 7 rings (SSSR count). The van der Waals surface area contributed by atoms with Crippen LogP contribution in [0, 0.1) is 5.82 Å². The van der Waals surface area contributed by atoms with Crippen LogP contribution in [0.5, 0.6) is 0 Å². The molecule has 0 radical (unpaired) electrons. The Hall–Kier alpha value is -5.70. The van der Waals surface area contributed by atoms with Crippen LogP contribution >= 0.6 is 0 Å². The number of aromatic nitrogens is 6. The third-order valence-electron chi connectivity index (χ3n) is 6.70. The van der Waals surface area contributed by atoms with Crippen LogP contribution in [-0.2, 0) is 0 Å². The van der Waals surface area contributed by atoms with E-state index in [1.807, 2.05) is 48.5 Å². The third kappa shape index (κ3) is 4.25. The Labute approximate surface area is 227 Å². The normalized spacial score (nSPS) is 11.2. The molecule has 0 saturated heterocycles. The zero-order chi connectivity index (χ0) is 27.1. The van der Waals surface area contributed by atoms with Gasteiger partial charge in [0.2, 0.25) is 0 Å². The van der Waals surface area contributed by atoms with Gasteiger partial charge in [-0.1, -0.05) is 30.3 Å². The molecule has 7 aromatic rings. The van der Waals surface area contributed by atoms with Crippen molar-refractivity contribution in [2.45, 2.75) is 0 Å². The van der Waals surface area contributed by atoms with E-state index in [0.29, 0.717) is 28.2 Å². The van der Waals surface area contributed by atoms with Gasteiger partial charge in [0.15, 0.2) is 5.65 Å². The van der Waals surface area contributed by atoms with E-state index in [4.69, 9.17) is 0 Å². The lowest BCUT2D eigenvalue weighted by atomic mass is 10.0. The summed E-state index contributed by atoms with van der Waals surface area (Å²) in [6.07, 6.45) is 6.76. The van der Waals surface area contributed by atoms with Crippen molar-refractivity contribution in [1.82, 2.24) is 30.1 Å². The first-order valence-electron chi connectivity index (χ1n) is 12.5. The van der Waals surface area contributed by atoms with E-state index >= 15 is 0 Å². The maximum absolute atomic E-state index is 13.9. The number of H-pyrrole nitrogens is 2. The number of amides is 1. The highest BCUT2D eigenvalue weighted by atomic mass is 19.1. The highest BCUT2D eigenvalue weighted by Crippen LogP contribution is 2.34. The molecule has 0 spiro atoms. The molecule has 0 bridgehead atoms. The van der Waals surface area contributed by atoms with Crippen LogP contribution in [0.2, 0.25) is 0 Å². The molecular formula is C31H20FN7O. The predicted octanol–water partition coefficient (Wildman–Crippen LogP) is 6.62. The lowest BCUT2D eigenvalue weighted by Crippen LogP contribution is -2.11. The van der Waals surface area contributed by atoms with Crippen molar-refractivity contribution in [2.24, 2.45) is 0 Å². The second-order valence-corrected chi connectivity index (χ2v) is 9.29. The molecule has 0 atom stereocenters. The summed E-state index contributed by atoms with van der Waals surface area (Å²) in [6.45, 7) is 0. The minimum absolute atomic E-state index is 0.213. The molecule has 192 valence electrons. The van der Waals surface area contributed by atoms with Crippen LogP contribution in [0.25, 0.3) is 55.7 Å². The van der Waals surface area contributed by atoms with E-state index in [2.05, 4.69) is 35.5 Å². The fraction of sp³-hybridized carbons (Fsp3) is 0. The van der Waals surface area contributed by atoms with Gasteiger partial charge in [-0.2, -0.15) is 5.10 Å². The smallest absolute Gasteiger partial charge is 0.255 e. The number of hydrogen-bond acceptors (Lipinski definition) is 5. The Morgan fingerprint density at radius 1 is 0.775 bits per heavy atom. The van der Waals surface area contributed by atoms with Gasteiger partial charge in [0, 0.05) is 46.1 Å². The van der Waals surface area contributed by atoms with Crippen LogP contribution in [0.15, 0.2) is 104 Å². The monoisotopic (exact) mass is 525 g/mol. The summed E-state index contributed by atoms with van der Waals surface area (Å²) in [5.41, 5.74) is 7.09. The number of fused-ring (bicyclic) bond motifs is 2. The van der Waals surface area contributed by atoms with E-state index in [9.17, 15) is 9.18 Å². The van der Waals surface area contributed by atoms with Gasteiger partial charge in [0.25, 0.3) is 5.91 Å². The average Bonchev–Trinajstić information content (AvgIpc) is 3.61. The Morgan fingerprint density at radius 2 is 1.65 bits per heavy atom. The van der Waals surface area contributed by atoms with E-state index < -0.39 is 0 Å². The first-order chi connectivity index (χ1) is 19.6. The third-order valence-corrected chi connectivity index (χ3v) is 6.70. The lowest BCUT2D eigenvalue weighted by molar-refractivity contribution is 0.102. The van der Waals surface area contributed by atoms with Crippen LogP contribution in [0.3, 0.4) is 0 Å². The summed E-state index contributed by atoms with van der Waals surface area (Å²) in [5.74, 6) is -0.511. The van der Waals surface area contributed by atoms with Gasteiger partial charge in [0.05, 0.1) is 17.6 Å². The average molecular weight is 526 g/mol. The lowest BCUT2D eigenvalue weighted by Gasteiger charge is -2.07. The van der Waals surface area contributed by atoms with Crippen molar-refractivity contribution in [3.63, 3.8) is 0 Å². The first kappa shape index (κ1) is 23.4. The van der Waals surface area contributed by atoms with Gasteiger partial charge in [0.1, 0.15) is 17.2 Å². The Kier molecular flexibility index (Phi) is 5.59. The van der Waals surface area contributed by atoms with Gasteiger partial charge in [-0.05, 0) is 59.7 Å². The Balaban J connectivity index is 1.25. The van der Waals surface area contributed by atoms with Crippen LogP contribution < -0.4 is 5.32 Å². The second kappa shape index (κ2) is 9.55. The molecular weight excluding hydrogens is 505 g/mol. The second-order valence-electron chi connectivity index (χ2n) is 9.29. The SMILES string of the molecule is O=C(Nc1cncc(-c2cnc3[nH]nc(-c4cc5c(-c6cccc(F)c6)ccnc5[nH]4)c3c2)c1)c1ccccc1. The minimum Gasteiger partial charge on any atom is -0.338 e. The molecule has 2 aromatic carbocycles. The van der Waals surface area contributed by atoms with Gasteiger partial charge in [-0.3, -0.25) is 14.9 Å². The van der Waals surface area contributed by atoms with Gasteiger partial charge in [-0.15, -0.1) is 0 Å². The van der Waals surface area contributed by atoms with E-state index in [1.54, 1.807) is 43.0 Å². The minimum atomic E-state index is -0.298. The zero-order valence-electron chi connectivity index (χ0n) is 20.9. The molecule has 0 aliphatic rings. The number of anilines is 1. The number of aromatic amines is 2. The van der Waals surface area contributed by atoms with Crippen molar-refractivity contribution in [3.8, 4) is 33.6 Å². The topological polar surface area (TPSA) is 112 Å². The molecule has 0 fully saturated rings. The summed E-state index contributed by atoms with van der Waals surface area (Å²) >= 11 is 0. The highest BCUT2D eigenvalue weighted by molar-refractivity contribution is 6.04. The number of benzene rings is 2. The fourth-order valence-electron chi connectivity index (χ4n) is 4.79. The van der Waals surface area contributed by atoms with Crippen molar-refractivity contribution >= 4 is 33.7 Å². The number of carbonyl (C=O) groups excluding carboxylic acids is 1. The molecule has 0 aliphatic carbocycles. The van der Waals surface area contributed by atoms with Crippen LogP contribution in [-0.4, -0.2) is 36.0 Å². The van der Waals surface area contributed by atoms with E-state index in [0.717, 1.165) is 38.7 Å². The first-order valence-corrected chi connectivity index (χ1v) is 12.5. The molecule has 5 aromatic heterocycles. The van der Waals surface area contributed by atoms with E-state index in [-0.39, 0.29) is 11.7 Å². The molecule has 5 heterocycles. The van der Waals surface area contributed by atoms with Crippen LogP contribution in [0.4, 0.5) is 10.1 Å². The van der Waals surface area contributed by atoms with Crippen molar-refractivity contribution in [1.29, 1.82) is 0 Å². The van der Waals surface area contributed by atoms with E-state index in [1.165, 1.54) is 12.1 Å². The zero-order valence-corrected chi connectivity index (χ0v) is 20.9. The molecule has 40 heavy (non-hydrogen) atoms. The maximum Gasteiger partial charge on any atom is 0.255 e. The summed E-state index contributed by atoms with van der Waals surface area (Å²) in [5, 5.41) is 12.1. The number of pyridine rings is 3. The molecule has 9 heteroatoms. The molecule has 1 amide bonds. The summed E-state index contributed by atoms with van der Waals surface area (Å²) in [6, 6.07) is 23.2. The summed E-state index contributed by atoms with van der Waals surface area (Å²) in [7, 11) is 0. The Morgan fingerprint density at radius 3 is 2.52 bits per heavy atom. The highest BCUT2D eigenvalue weighted by Gasteiger charge is 2.16. The van der Waals surface area contributed by atoms with Crippen molar-refractivity contribution in [3.05, 3.63) is 115 Å². The predicted molar refractivity (Wildman–Crippen MR) is 152 cm³/mol. The summed E-state index contributed by atoms with van der Waals surface area (Å²) in [4.78, 5) is 29.3. The summed E-state index contributed by atoms with van der Waals surface area (Å²) < 4.78 is 13.9. The van der Waals surface area contributed by atoms with Crippen LogP contribution in [0.1, 0.15) is 10.4 Å². The largest absolute Gasteiger partial charge is 0.338 e. The van der Waals surface area contributed by atoms with Gasteiger partial charge in [-0.25, -0.2) is 14.4 Å². The number of hydrogen-bond donors (Lipinski definition) is 3. The standard InChI is InChI=1S/C31H20FN7O/c32-22-8-4-7-19(11-22)24-9-10-34-29-25(24)14-27(37-29)28-26-13-21(16-35-30(26)39-38-28)20-12-23(17-33-15-20)36-31(40)18-5-2-1-3-6-18/h1-17H,(H,34,37)(H,36,40)(H,35,38,39). The quantitative estimate of drug-likeness (QED) is 0.234.